The molecular formula is C18H21N7O. The van der Waals surface area contributed by atoms with Crippen molar-refractivity contribution >= 4 is 23.3 Å². The van der Waals surface area contributed by atoms with Crippen LogP contribution >= 0.6 is 0 Å². The van der Waals surface area contributed by atoms with Gasteiger partial charge in [0.05, 0.1) is 5.92 Å². The number of piperidine rings is 1. The van der Waals surface area contributed by atoms with Gasteiger partial charge in [0.15, 0.2) is 0 Å². The highest BCUT2D eigenvalue weighted by Gasteiger charge is 2.28. The van der Waals surface area contributed by atoms with E-state index in [4.69, 9.17) is 0 Å². The van der Waals surface area contributed by atoms with E-state index < -0.39 is 0 Å². The summed E-state index contributed by atoms with van der Waals surface area (Å²) in [7, 11) is 0. The Kier molecular flexibility index (Phi) is 4.24. The molecule has 1 aliphatic rings. The summed E-state index contributed by atoms with van der Waals surface area (Å²) in [6.07, 6.45) is 5.00. The number of aryl methyl sites for hydroxylation is 2. The molecule has 0 bridgehead atoms. The average Bonchev–Trinajstić information content (AvgIpc) is 3.11. The van der Waals surface area contributed by atoms with Crippen molar-refractivity contribution in [1.82, 2.24) is 24.6 Å². The van der Waals surface area contributed by atoms with Crippen LogP contribution in [-0.2, 0) is 4.79 Å². The monoisotopic (exact) mass is 351 g/mol. The fourth-order valence-electron chi connectivity index (χ4n) is 3.37. The smallest absolute Gasteiger partial charge is 0.254 e. The molecule has 8 nitrogen and oxygen atoms in total. The number of aromatic nitrogens is 5. The predicted molar refractivity (Wildman–Crippen MR) is 98.1 cm³/mol. The number of hydrogen-bond donors (Lipinski definition) is 1. The van der Waals surface area contributed by atoms with Crippen molar-refractivity contribution < 1.29 is 4.79 Å². The van der Waals surface area contributed by atoms with Gasteiger partial charge in [-0.3, -0.25) is 4.79 Å². The van der Waals surface area contributed by atoms with Gasteiger partial charge in [-0.1, -0.05) is 6.07 Å². The fraction of sp³-hybridized carbons (Fsp3) is 0.389. The summed E-state index contributed by atoms with van der Waals surface area (Å²) < 4.78 is 1.73. The second-order valence-corrected chi connectivity index (χ2v) is 6.67. The zero-order valence-corrected chi connectivity index (χ0v) is 14.9. The third-order valence-corrected chi connectivity index (χ3v) is 4.73. The number of carbonyl (C=O) groups is 1. The van der Waals surface area contributed by atoms with Crippen molar-refractivity contribution in [2.24, 2.45) is 5.92 Å². The predicted octanol–water partition coefficient (Wildman–Crippen LogP) is 1.99. The van der Waals surface area contributed by atoms with Gasteiger partial charge in [0.2, 0.25) is 5.91 Å². The zero-order chi connectivity index (χ0) is 18.1. The third-order valence-electron chi connectivity index (χ3n) is 4.73. The molecular weight excluding hydrogens is 330 g/mol. The SMILES string of the molecule is Cc1cc(N2CCCC(C(=O)Nc3ncccc3C)C2)n2ncnc2n1. The van der Waals surface area contributed by atoms with E-state index in [1.54, 1.807) is 10.7 Å². The fourth-order valence-corrected chi connectivity index (χ4v) is 3.37. The number of fused-ring (bicyclic) bond motifs is 1. The Morgan fingerprint density at radius 3 is 3.04 bits per heavy atom. The van der Waals surface area contributed by atoms with E-state index in [2.05, 4.69) is 30.3 Å². The van der Waals surface area contributed by atoms with Gasteiger partial charge in [-0.05, 0) is 38.3 Å². The maximum Gasteiger partial charge on any atom is 0.254 e. The summed E-state index contributed by atoms with van der Waals surface area (Å²) in [4.78, 5) is 27.8. The Balaban J connectivity index is 1.55. The molecule has 1 saturated heterocycles. The summed E-state index contributed by atoms with van der Waals surface area (Å²) in [6, 6.07) is 5.80. The number of nitrogens with zero attached hydrogens (tertiary/aromatic N) is 6. The first-order valence-electron chi connectivity index (χ1n) is 8.76. The molecule has 1 amide bonds. The van der Waals surface area contributed by atoms with Gasteiger partial charge in [-0.25, -0.2) is 9.97 Å². The second-order valence-electron chi connectivity index (χ2n) is 6.67. The van der Waals surface area contributed by atoms with Crippen molar-refractivity contribution in [1.29, 1.82) is 0 Å². The van der Waals surface area contributed by atoms with Gasteiger partial charge >= 0.3 is 0 Å². The minimum Gasteiger partial charge on any atom is -0.356 e. The quantitative estimate of drug-likeness (QED) is 0.776. The lowest BCUT2D eigenvalue weighted by molar-refractivity contribution is -0.120. The molecule has 26 heavy (non-hydrogen) atoms. The molecule has 4 rings (SSSR count). The largest absolute Gasteiger partial charge is 0.356 e. The lowest BCUT2D eigenvalue weighted by atomic mass is 9.97. The van der Waals surface area contributed by atoms with Crippen molar-refractivity contribution in [3.63, 3.8) is 0 Å². The molecule has 1 atom stereocenters. The van der Waals surface area contributed by atoms with Crippen LogP contribution in [0.1, 0.15) is 24.1 Å². The first-order chi connectivity index (χ1) is 12.6. The Morgan fingerprint density at radius 2 is 2.19 bits per heavy atom. The van der Waals surface area contributed by atoms with E-state index in [-0.39, 0.29) is 11.8 Å². The zero-order valence-electron chi connectivity index (χ0n) is 14.9. The molecule has 3 aromatic rings. The summed E-state index contributed by atoms with van der Waals surface area (Å²) in [5.74, 6) is 2.05. The molecule has 0 aliphatic carbocycles. The van der Waals surface area contributed by atoms with E-state index in [1.807, 2.05) is 32.0 Å². The Morgan fingerprint density at radius 1 is 1.31 bits per heavy atom. The molecule has 0 saturated carbocycles. The molecule has 1 N–H and O–H groups in total. The molecule has 0 radical (unpaired) electrons. The maximum atomic E-state index is 12.8. The van der Waals surface area contributed by atoms with E-state index in [1.165, 1.54) is 6.33 Å². The van der Waals surface area contributed by atoms with Gasteiger partial charge in [-0.15, -0.1) is 0 Å². The van der Waals surface area contributed by atoms with Crippen LogP contribution in [-0.4, -0.2) is 43.6 Å². The minimum absolute atomic E-state index is 0.0112. The van der Waals surface area contributed by atoms with Crippen LogP contribution in [0.3, 0.4) is 0 Å². The summed E-state index contributed by atoms with van der Waals surface area (Å²) in [5, 5.41) is 7.25. The van der Waals surface area contributed by atoms with Crippen LogP contribution in [0.2, 0.25) is 0 Å². The molecule has 3 aromatic heterocycles. The normalized spacial score (nSPS) is 17.5. The molecule has 4 heterocycles. The molecule has 1 aliphatic heterocycles. The van der Waals surface area contributed by atoms with E-state index >= 15 is 0 Å². The molecule has 1 fully saturated rings. The van der Waals surface area contributed by atoms with Crippen LogP contribution in [0.4, 0.5) is 11.6 Å². The summed E-state index contributed by atoms with van der Waals surface area (Å²) in [6.45, 7) is 5.40. The molecule has 0 aromatic carbocycles. The highest BCUT2D eigenvalue weighted by atomic mass is 16.2. The number of carbonyl (C=O) groups excluding carboxylic acids is 1. The van der Waals surface area contributed by atoms with E-state index in [0.717, 1.165) is 36.5 Å². The lowest BCUT2D eigenvalue weighted by Gasteiger charge is -2.33. The van der Waals surface area contributed by atoms with Gasteiger partial charge in [0.25, 0.3) is 5.78 Å². The van der Waals surface area contributed by atoms with Crippen LogP contribution < -0.4 is 10.2 Å². The summed E-state index contributed by atoms with van der Waals surface area (Å²) >= 11 is 0. The van der Waals surface area contributed by atoms with Crippen molar-refractivity contribution in [2.75, 3.05) is 23.3 Å². The van der Waals surface area contributed by atoms with Gasteiger partial charge in [0, 0.05) is 31.0 Å². The minimum atomic E-state index is -0.0998. The molecule has 1 unspecified atom stereocenters. The average molecular weight is 351 g/mol. The standard InChI is InChI=1S/C18H21N7O/c1-12-5-3-7-19-16(12)23-17(26)14-6-4-8-24(10-14)15-9-13(2)22-18-20-11-21-25(15)18/h3,5,7,9,11,14H,4,6,8,10H2,1-2H3,(H,19,23,26). The number of hydrogen-bond acceptors (Lipinski definition) is 6. The van der Waals surface area contributed by atoms with Crippen molar-refractivity contribution in [3.05, 3.63) is 42.0 Å². The third kappa shape index (κ3) is 3.10. The number of pyridine rings is 1. The van der Waals surface area contributed by atoms with Crippen LogP contribution in [0.15, 0.2) is 30.7 Å². The Bertz CT molecular complexity index is 952. The number of rotatable bonds is 3. The van der Waals surface area contributed by atoms with E-state index in [0.29, 0.717) is 18.1 Å². The highest BCUT2D eigenvalue weighted by molar-refractivity contribution is 5.92. The number of anilines is 2. The van der Waals surface area contributed by atoms with Gasteiger partial charge in [0.1, 0.15) is 18.0 Å². The lowest BCUT2D eigenvalue weighted by Crippen LogP contribution is -2.41. The van der Waals surface area contributed by atoms with Crippen LogP contribution in [0, 0.1) is 19.8 Å². The van der Waals surface area contributed by atoms with Crippen molar-refractivity contribution in [2.45, 2.75) is 26.7 Å². The maximum absolute atomic E-state index is 12.8. The Labute approximate surface area is 151 Å². The topological polar surface area (TPSA) is 88.3 Å². The number of nitrogens with one attached hydrogen (secondary N) is 1. The van der Waals surface area contributed by atoms with Crippen LogP contribution in [0.5, 0.6) is 0 Å². The number of amides is 1. The van der Waals surface area contributed by atoms with Crippen LogP contribution in [0.25, 0.3) is 5.78 Å². The Hall–Kier alpha value is -3.03. The molecule has 8 heteroatoms. The first kappa shape index (κ1) is 16.4. The highest BCUT2D eigenvalue weighted by Crippen LogP contribution is 2.25. The first-order valence-corrected chi connectivity index (χ1v) is 8.76. The summed E-state index contributed by atoms with van der Waals surface area (Å²) in [5.41, 5.74) is 1.85. The second kappa shape index (κ2) is 6.70. The molecule has 0 spiro atoms. The molecule has 134 valence electrons. The van der Waals surface area contributed by atoms with Gasteiger partial charge < -0.3 is 10.2 Å². The van der Waals surface area contributed by atoms with E-state index in [9.17, 15) is 4.79 Å². The van der Waals surface area contributed by atoms with Gasteiger partial charge in [-0.2, -0.15) is 14.6 Å². The van der Waals surface area contributed by atoms with Crippen molar-refractivity contribution in [3.8, 4) is 0 Å².